The number of nitrogens with two attached hydrogens (primary N) is 1. The molecule has 0 aliphatic carbocycles. The summed E-state index contributed by atoms with van der Waals surface area (Å²) >= 11 is 3.07. The third-order valence-corrected chi connectivity index (χ3v) is 2.71. The van der Waals surface area contributed by atoms with Gasteiger partial charge in [0.15, 0.2) is 0 Å². The zero-order valence-electron chi connectivity index (χ0n) is 9.58. The molecule has 0 aromatic heterocycles. The first-order chi connectivity index (χ1) is 8.45. The average Bonchev–Trinajstić information content (AvgIpc) is 2.28. The van der Waals surface area contributed by atoms with Crippen LogP contribution in [0.1, 0.15) is 12.5 Å². The normalized spacial score (nSPS) is 10.5. The van der Waals surface area contributed by atoms with E-state index in [2.05, 4.69) is 20.7 Å². The van der Waals surface area contributed by atoms with E-state index < -0.39 is 12.6 Å². The highest BCUT2D eigenvalue weighted by molar-refractivity contribution is 9.10. The fourth-order valence-corrected chi connectivity index (χ4v) is 1.83. The molecule has 0 spiro atoms. The Morgan fingerprint density at radius 3 is 2.72 bits per heavy atom. The molecule has 18 heavy (non-hydrogen) atoms. The van der Waals surface area contributed by atoms with Crippen molar-refractivity contribution in [3.8, 4) is 5.75 Å². The minimum absolute atomic E-state index is 0.141. The van der Waals surface area contributed by atoms with E-state index in [1.807, 2.05) is 0 Å². The fraction of sp³-hybridized carbons (Fsp3) is 0.364. The average molecular weight is 324 g/mol. The van der Waals surface area contributed by atoms with Crippen molar-refractivity contribution in [3.05, 3.63) is 22.2 Å². The molecular weight excluding hydrogens is 312 g/mol. The van der Waals surface area contributed by atoms with Crippen molar-refractivity contribution in [3.63, 3.8) is 0 Å². The number of hydrogen-bond donors (Lipinski definition) is 1. The molecule has 0 saturated carbocycles. The number of rotatable bonds is 5. The Kier molecular flexibility index (Phi) is 5.33. The highest BCUT2D eigenvalue weighted by Gasteiger charge is 2.19. The summed E-state index contributed by atoms with van der Waals surface area (Å²) in [7, 11) is 0. The molecule has 0 unspecified atom stereocenters. The van der Waals surface area contributed by atoms with Crippen LogP contribution in [0.5, 0.6) is 5.75 Å². The summed E-state index contributed by atoms with van der Waals surface area (Å²) in [6, 6.07) is 2.97. The minimum atomic E-state index is -3.00. The van der Waals surface area contributed by atoms with Crippen LogP contribution in [0, 0.1) is 0 Å². The molecule has 0 heterocycles. The van der Waals surface area contributed by atoms with Gasteiger partial charge in [-0.2, -0.15) is 8.78 Å². The first-order valence-corrected chi connectivity index (χ1v) is 5.92. The molecule has 2 N–H and O–H groups in total. The summed E-state index contributed by atoms with van der Waals surface area (Å²) in [6.07, 6.45) is -0.221. The first kappa shape index (κ1) is 14.7. The Bertz CT molecular complexity index is 441. The number of esters is 1. The van der Waals surface area contributed by atoms with Crippen LogP contribution in [0.25, 0.3) is 0 Å². The summed E-state index contributed by atoms with van der Waals surface area (Å²) in [5.41, 5.74) is 6.04. The van der Waals surface area contributed by atoms with Gasteiger partial charge in [0.25, 0.3) is 0 Å². The molecule has 0 atom stereocenters. The fourth-order valence-electron chi connectivity index (χ4n) is 1.37. The van der Waals surface area contributed by atoms with Crippen LogP contribution in [0.15, 0.2) is 16.6 Å². The Morgan fingerprint density at radius 2 is 2.17 bits per heavy atom. The largest absolute Gasteiger partial charge is 0.466 e. The van der Waals surface area contributed by atoms with Crippen molar-refractivity contribution in [2.24, 2.45) is 0 Å². The van der Waals surface area contributed by atoms with Gasteiger partial charge in [-0.15, -0.1) is 0 Å². The standard InChI is InChI=1S/C11H12BrF2NO3/c1-2-17-9(16)5-6-8(15)4-3-7(12)10(6)18-11(13)14/h3-4,11H,2,5,15H2,1H3. The number of benzene rings is 1. The molecule has 4 nitrogen and oxygen atoms in total. The second-order valence-corrected chi connectivity index (χ2v) is 4.16. The van der Waals surface area contributed by atoms with Gasteiger partial charge in [-0.1, -0.05) is 0 Å². The monoisotopic (exact) mass is 323 g/mol. The van der Waals surface area contributed by atoms with Crippen molar-refractivity contribution in [2.45, 2.75) is 20.0 Å². The van der Waals surface area contributed by atoms with E-state index in [9.17, 15) is 13.6 Å². The number of carbonyl (C=O) groups is 1. The molecular formula is C11H12BrF2NO3. The first-order valence-electron chi connectivity index (χ1n) is 5.13. The molecule has 100 valence electrons. The Labute approximate surface area is 111 Å². The predicted octanol–water partition coefficient (Wildman–Crippen LogP) is 2.74. The van der Waals surface area contributed by atoms with Crippen molar-refractivity contribution in [1.82, 2.24) is 0 Å². The summed E-state index contributed by atoms with van der Waals surface area (Å²) in [5.74, 6) is -0.695. The van der Waals surface area contributed by atoms with E-state index >= 15 is 0 Å². The van der Waals surface area contributed by atoms with Crippen molar-refractivity contribution < 1.29 is 23.0 Å². The molecule has 1 aromatic carbocycles. The molecule has 0 bridgehead atoms. The molecule has 0 radical (unpaired) electrons. The molecule has 0 saturated heterocycles. The molecule has 0 aliphatic heterocycles. The summed E-state index contributed by atoms with van der Waals surface area (Å²) in [5, 5.41) is 0. The third kappa shape index (κ3) is 3.83. The number of nitrogen functional groups attached to an aromatic ring is 1. The van der Waals surface area contributed by atoms with Crippen LogP contribution in [0.4, 0.5) is 14.5 Å². The molecule has 0 amide bonds. The Hall–Kier alpha value is -1.37. The Morgan fingerprint density at radius 1 is 1.50 bits per heavy atom. The summed E-state index contributed by atoms with van der Waals surface area (Å²) in [4.78, 5) is 11.4. The quantitative estimate of drug-likeness (QED) is 0.668. The summed E-state index contributed by atoms with van der Waals surface area (Å²) in [6.45, 7) is -1.14. The zero-order chi connectivity index (χ0) is 13.7. The molecule has 7 heteroatoms. The van der Waals surface area contributed by atoms with Gasteiger partial charge in [-0.3, -0.25) is 4.79 Å². The van der Waals surface area contributed by atoms with Crippen LogP contribution in [-0.4, -0.2) is 19.2 Å². The maximum Gasteiger partial charge on any atom is 0.387 e. The van der Waals surface area contributed by atoms with Crippen LogP contribution in [-0.2, 0) is 16.0 Å². The summed E-state index contributed by atoms with van der Waals surface area (Å²) < 4.78 is 34.0. The van der Waals surface area contributed by atoms with Gasteiger partial charge in [0.2, 0.25) is 0 Å². The lowest BCUT2D eigenvalue weighted by Gasteiger charge is -2.14. The number of halogens is 3. The van der Waals surface area contributed by atoms with Gasteiger partial charge >= 0.3 is 12.6 Å². The molecule has 1 aromatic rings. The molecule has 1 rings (SSSR count). The van der Waals surface area contributed by atoms with E-state index in [0.717, 1.165) is 0 Å². The van der Waals surface area contributed by atoms with Crippen molar-refractivity contribution in [2.75, 3.05) is 12.3 Å². The van der Waals surface area contributed by atoms with Gasteiger partial charge in [0, 0.05) is 11.3 Å². The topological polar surface area (TPSA) is 61.5 Å². The highest BCUT2D eigenvalue weighted by Crippen LogP contribution is 2.34. The van der Waals surface area contributed by atoms with E-state index in [4.69, 9.17) is 10.5 Å². The van der Waals surface area contributed by atoms with Crippen LogP contribution >= 0.6 is 15.9 Å². The Balaban J connectivity index is 3.06. The zero-order valence-corrected chi connectivity index (χ0v) is 11.2. The maximum absolute atomic E-state index is 12.3. The van der Waals surface area contributed by atoms with Crippen LogP contribution < -0.4 is 10.5 Å². The van der Waals surface area contributed by atoms with Crippen molar-refractivity contribution in [1.29, 1.82) is 0 Å². The van der Waals surface area contributed by atoms with Crippen LogP contribution in [0.2, 0.25) is 0 Å². The predicted molar refractivity (Wildman–Crippen MR) is 65.5 cm³/mol. The SMILES string of the molecule is CCOC(=O)Cc1c(N)ccc(Br)c1OC(F)F. The van der Waals surface area contributed by atoms with Gasteiger partial charge in [0.1, 0.15) is 5.75 Å². The van der Waals surface area contributed by atoms with Gasteiger partial charge in [-0.25, -0.2) is 0 Å². The number of alkyl halides is 2. The lowest BCUT2D eigenvalue weighted by atomic mass is 10.1. The maximum atomic E-state index is 12.3. The van der Waals surface area contributed by atoms with Crippen molar-refractivity contribution >= 4 is 27.6 Å². The number of carbonyl (C=O) groups excluding carboxylic acids is 1. The minimum Gasteiger partial charge on any atom is -0.466 e. The smallest absolute Gasteiger partial charge is 0.387 e. The second-order valence-electron chi connectivity index (χ2n) is 3.30. The van der Waals surface area contributed by atoms with Gasteiger partial charge in [-0.05, 0) is 35.0 Å². The van der Waals surface area contributed by atoms with E-state index in [1.165, 1.54) is 12.1 Å². The second kappa shape index (κ2) is 6.53. The van der Waals surface area contributed by atoms with Gasteiger partial charge < -0.3 is 15.2 Å². The third-order valence-electron chi connectivity index (χ3n) is 2.08. The van der Waals surface area contributed by atoms with Gasteiger partial charge in [0.05, 0.1) is 17.5 Å². The molecule has 0 fully saturated rings. The van der Waals surface area contributed by atoms with E-state index in [1.54, 1.807) is 6.92 Å². The number of hydrogen-bond acceptors (Lipinski definition) is 4. The number of ether oxygens (including phenoxy) is 2. The lowest BCUT2D eigenvalue weighted by Crippen LogP contribution is -2.13. The van der Waals surface area contributed by atoms with E-state index in [0.29, 0.717) is 4.47 Å². The van der Waals surface area contributed by atoms with E-state index in [-0.39, 0.29) is 30.0 Å². The number of anilines is 1. The highest BCUT2D eigenvalue weighted by atomic mass is 79.9. The lowest BCUT2D eigenvalue weighted by molar-refractivity contribution is -0.142. The van der Waals surface area contributed by atoms with Crippen LogP contribution in [0.3, 0.4) is 0 Å². The molecule has 0 aliphatic rings.